The maximum atomic E-state index is 11.8. The summed E-state index contributed by atoms with van der Waals surface area (Å²) in [5.41, 5.74) is -0.0863. The van der Waals surface area contributed by atoms with Gasteiger partial charge in [0.15, 0.2) is 6.61 Å². The summed E-state index contributed by atoms with van der Waals surface area (Å²) in [6, 6.07) is 4.20. The normalized spacial score (nSPS) is 19.3. The van der Waals surface area contributed by atoms with Gasteiger partial charge in [0, 0.05) is 18.2 Å². The third kappa shape index (κ3) is 5.54. The first-order valence-electron chi connectivity index (χ1n) is 8.38. The molecule has 140 valence electrons. The van der Waals surface area contributed by atoms with Gasteiger partial charge in [-0.25, -0.2) is 9.59 Å². The maximum absolute atomic E-state index is 11.8. The molecule has 1 saturated carbocycles. The first-order chi connectivity index (χ1) is 12.4. The minimum absolute atomic E-state index is 0.0270. The van der Waals surface area contributed by atoms with Crippen LogP contribution in [0.5, 0.6) is 0 Å². The predicted molar refractivity (Wildman–Crippen MR) is 91.5 cm³/mol. The molecule has 0 aliphatic heterocycles. The molecule has 9 nitrogen and oxygen atoms in total. The smallest absolute Gasteiger partial charge is 0.338 e. The lowest BCUT2D eigenvalue weighted by Crippen LogP contribution is -2.48. The van der Waals surface area contributed by atoms with Crippen molar-refractivity contribution in [2.24, 2.45) is 5.92 Å². The number of hydrogen-bond acceptors (Lipinski definition) is 6. The summed E-state index contributed by atoms with van der Waals surface area (Å²) in [5, 5.41) is 15.4. The molecule has 2 atom stereocenters. The first kappa shape index (κ1) is 19.4. The second-order valence-corrected chi connectivity index (χ2v) is 6.27. The number of carbonyl (C=O) groups excluding carboxylic acids is 3. The number of urea groups is 1. The Balaban J connectivity index is 1.76. The van der Waals surface area contributed by atoms with Crippen LogP contribution in [0.25, 0.3) is 0 Å². The number of non-ortho nitro benzene ring substituents is 1. The standard InChI is InChI=1S/C17H21N3O6/c1-11-4-2-3-5-14(11)18-17(23)19-15(21)10-26-16(22)12-6-8-13(9-7-12)20(24)25/h6-9,11,14H,2-5,10H2,1H3,(H2,18,19,21,23)/t11-,14-/m0/s1. The van der Waals surface area contributed by atoms with Gasteiger partial charge in [-0.05, 0) is 30.9 Å². The van der Waals surface area contributed by atoms with E-state index in [-0.39, 0.29) is 17.3 Å². The molecule has 0 radical (unpaired) electrons. The van der Waals surface area contributed by atoms with Crippen LogP contribution in [0.2, 0.25) is 0 Å². The number of rotatable bonds is 5. The van der Waals surface area contributed by atoms with E-state index in [1.165, 1.54) is 12.1 Å². The highest BCUT2D eigenvalue weighted by Crippen LogP contribution is 2.23. The van der Waals surface area contributed by atoms with E-state index in [9.17, 15) is 24.5 Å². The van der Waals surface area contributed by atoms with E-state index in [1.807, 2.05) is 0 Å². The van der Waals surface area contributed by atoms with Gasteiger partial charge in [0.2, 0.25) is 0 Å². The zero-order valence-corrected chi connectivity index (χ0v) is 14.4. The van der Waals surface area contributed by atoms with Crippen LogP contribution in [0.15, 0.2) is 24.3 Å². The minimum atomic E-state index is -0.809. The van der Waals surface area contributed by atoms with Crippen LogP contribution in [0.4, 0.5) is 10.5 Å². The third-order valence-electron chi connectivity index (χ3n) is 4.33. The number of hydrogen-bond donors (Lipinski definition) is 2. The van der Waals surface area contributed by atoms with Gasteiger partial charge in [-0.2, -0.15) is 0 Å². The van der Waals surface area contributed by atoms with Crippen molar-refractivity contribution >= 4 is 23.6 Å². The summed E-state index contributed by atoms with van der Waals surface area (Å²) in [6.07, 6.45) is 4.08. The molecule has 0 bridgehead atoms. The number of benzene rings is 1. The average molecular weight is 363 g/mol. The molecule has 1 aromatic rings. The molecule has 0 saturated heterocycles. The molecule has 2 N–H and O–H groups in total. The van der Waals surface area contributed by atoms with Gasteiger partial charge in [-0.1, -0.05) is 19.8 Å². The molecule has 0 spiro atoms. The van der Waals surface area contributed by atoms with Gasteiger partial charge in [0.1, 0.15) is 0 Å². The highest BCUT2D eigenvalue weighted by atomic mass is 16.6. The number of nitro benzene ring substituents is 1. The Morgan fingerprint density at radius 2 is 1.85 bits per heavy atom. The fraction of sp³-hybridized carbons (Fsp3) is 0.471. The highest BCUT2D eigenvalue weighted by molar-refractivity contribution is 5.97. The summed E-state index contributed by atoms with van der Waals surface area (Å²) in [7, 11) is 0. The molecule has 0 unspecified atom stereocenters. The molecule has 0 aromatic heterocycles. The van der Waals surface area contributed by atoms with Crippen molar-refractivity contribution in [2.75, 3.05) is 6.61 Å². The third-order valence-corrected chi connectivity index (χ3v) is 4.33. The molecule has 1 aliphatic carbocycles. The Kier molecular flexibility index (Phi) is 6.65. The molecule has 0 heterocycles. The summed E-state index contributed by atoms with van der Waals surface area (Å²) in [5.74, 6) is -1.21. The van der Waals surface area contributed by atoms with Crippen molar-refractivity contribution in [3.63, 3.8) is 0 Å². The second-order valence-electron chi connectivity index (χ2n) is 6.27. The lowest BCUT2D eigenvalue weighted by atomic mass is 9.86. The number of imide groups is 1. The molecule has 1 aromatic carbocycles. The summed E-state index contributed by atoms with van der Waals surface area (Å²) < 4.78 is 4.80. The van der Waals surface area contributed by atoms with Crippen LogP contribution in [0, 0.1) is 16.0 Å². The molecule has 3 amide bonds. The monoisotopic (exact) mass is 363 g/mol. The summed E-state index contributed by atoms with van der Waals surface area (Å²) in [6.45, 7) is 1.43. The van der Waals surface area contributed by atoms with Gasteiger partial charge < -0.3 is 10.1 Å². The molecular formula is C17H21N3O6. The lowest BCUT2D eigenvalue weighted by molar-refractivity contribution is -0.384. The Labute approximate surface area is 150 Å². The molecule has 26 heavy (non-hydrogen) atoms. The number of carbonyl (C=O) groups is 3. The van der Waals surface area contributed by atoms with Crippen molar-refractivity contribution in [1.82, 2.24) is 10.6 Å². The van der Waals surface area contributed by atoms with Crippen LogP contribution in [0.1, 0.15) is 43.0 Å². The van der Waals surface area contributed by atoms with Crippen LogP contribution in [-0.4, -0.2) is 35.5 Å². The largest absolute Gasteiger partial charge is 0.452 e. The zero-order chi connectivity index (χ0) is 19.1. The molecular weight excluding hydrogens is 342 g/mol. The molecule has 9 heteroatoms. The Morgan fingerprint density at radius 3 is 2.46 bits per heavy atom. The van der Waals surface area contributed by atoms with E-state index in [4.69, 9.17) is 4.74 Å². The number of ether oxygens (including phenoxy) is 1. The molecule has 1 aliphatic rings. The summed E-state index contributed by atoms with van der Waals surface area (Å²) >= 11 is 0. The van der Waals surface area contributed by atoms with E-state index in [2.05, 4.69) is 17.6 Å². The van der Waals surface area contributed by atoms with Gasteiger partial charge in [-0.3, -0.25) is 20.2 Å². The number of amides is 3. The average Bonchev–Trinajstić information content (AvgIpc) is 2.61. The van der Waals surface area contributed by atoms with Gasteiger partial charge in [0.05, 0.1) is 10.5 Å². The number of esters is 1. The minimum Gasteiger partial charge on any atom is -0.452 e. The van der Waals surface area contributed by atoms with E-state index in [1.54, 1.807) is 0 Å². The van der Waals surface area contributed by atoms with Crippen molar-refractivity contribution < 1.29 is 24.0 Å². The highest BCUT2D eigenvalue weighted by Gasteiger charge is 2.23. The quantitative estimate of drug-likeness (QED) is 0.469. The SMILES string of the molecule is C[C@H]1CCCC[C@@H]1NC(=O)NC(=O)COC(=O)c1ccc([N+](=O)[O-])cc1. The van der Waals surface area contributed by atoms with Crippen LogP contribution in [0.3, 0.4) is 0 Å². The van der Waals surface area contributed by atoms with E-state index >= 15 is 0 Å². The van der Waals surface area contributed by atoms with E-state index < -0.39 is 29.4 Å². The van der Waals surface area contributed by atoms with Gasteiger partial charge in [-0.15, -0.1) is 0 Å². The first-order valence-corrected chi connectivity index (χ1v) is 8.38. The summed E-state index contributed by atoms with van der Waals surface area (Å²) in [4.78, 5) is 45.3. The molecule has 1 fully saturated rings. The number of nitrogens with one attached hydrogen (secondary N) is 2. The fourth-order valence-electron chi connectivity index (χ4n) is 2.83. The van der Waals surface area contributed by atoms with E-state index in [0.29, 0.717) is 5.92 Å². The Morgan fingerprint density at radius 1 is 1.19 bits per heavy atom. The van der Waals surface area contributed by atoms with Crippen LogP contribution >= 0.6 is 0 Å². The number of nitrogens with zero attached hydrogens (tertiary/aromatic N) is 1. The van der Waals surface area contributed by atoms with Crippen LogP contribution in [-0.2, 0) is 9.53 Å². The van der Waals surface area contributed by atoms with Gasteiger partial charge in [0.25, 0.3) is 11.6 Å². The van der Waals surface area contributed by atoms with Crippen molar-refractivity contribution in [3.05, 3.63) is 39.9 Å². The second kappa shape index (κ2) is 8.93. The van der Waals surface area contributed by atoms with Crippen molar-refractivity contribution in [2.45, 2.75) is 38.6 Å². The molecule has 2 rings (SSSR count). The maximum Gasteiger partial charge on any atom is 0.338 e. The zero-order valence-electron chi connectivity index (χ0n) is 14.4. The lowest BCUT2D eigenvalue weighted by Gasteiger charge is -2.29. The van der Waals surface area contributed by atoms with Crippen molar-refractivity contribution in [1.29, 1.82) is 0 Å². The predicted octanol–water partition coefficient (Wildman–Crippen LogP) is 2.16. The fourth-order valence-corrected chi connectivity index (χ4v) is 2.83. The number of nitro groups is 1. The Hall–Kier alpha value is -2.97. The topological polar surface area (TPSA) is 128 Å². The Bertz CT molecular complexity index is 688. The van der Waals surface area contributed by atoms with Crippen LogP contribution < -0.4 is 10.6 Å². The van der Waals surface area contributed by atoms with Crippen molar-refractivity contribution in [3.8, 4) is 0 Å². The van der Waals surface area contributed by atoms with Gasteiger partial charge >= 0.3 is 12.0 Å². The van der Waals surface area contributed by atoms with E-state index in [0.717, 1.165) is 37.8 Å².